The van der Waals surface area contributed by atoms with Crippen molar-refractivity contribution in [3.05, 3.63) is 71.8 Å². The fourth-order valence-corrected chi connectivity index (χ4v) is 3.66. The van der Waals surface area contributed by atoms with E-state index < -0.39 is 0 Å². The van der Waals surface area contributed by atoms with E-state index in [1.165, 1.54) is 25.7 Å². The maximum Gasteiger partial charge on any atom is 0.251 e. The number of rotatable bonds is 6. The highest BCUT2D eigenvalue weighted by Gasteiger charge is 2.21. The standard InChI is InChI=1S/C23H28N2O2/c26-22(24-20-15-9-1-2-10-16-20)17-21(18-11-5-3-6-12-18)25-23(27)19-13-7-4-8-14-19/h3-8,11-14,20-21H,1-2,9-10,15-17H2,(H,24,26)(H,25,27)/t21-/m1/s1. The Balaban J connectivity index is 1.66. The highest BCUT2D eigenvalue weighted by Crippen LogP contribution is 2.20. The van der Waals surface area contributed by atoms with E-state index in [-0.39, 0.29) is 30.3 Å². The molecule has 0 bridgehead atoms. The monoisotopic (exact) mass is 364 g/mol. The Hall–Kier alpha value is -2.62. The average molecular weight is 364 g/mol. The SMILES string of the molecule is O=C(C[C@@H](NC(=O)c1ccccc1)c1ccccc1)NC1CCCCCC1. The molecule has 0 saturated heterocycles. The Bertz CT molecular complexity index is 723. The third-order valence-corrected chi connectivity index (χ3v) is 5.15. The fraction of sp³-hybridized carbons (Fsp3) is 0.391. The molecule has 1 aliphatic carbocycles. The molecule has 4 heteroatoms. The van der Waals surface area contributed by atoms with Crippen molar-refractivity contribution in [2.45, 2.75) is 57.0 Å². The molecule has 2 aromatic rings. The van der Waals surface area contributed by atoms with Crippen molar-refractivity contribution in [2.24, 2.45) is 0 Å². The lowest BCUT2D eigenvalue weighted by Gasteiger charge is -2.22. The maximum atomic E-state index is 12.7. The lowest BCUT2D eigenvalue weighted by atomic mass is 10.0. The van der Waals surface area contributed by atoms with Gasteiger partial charge in [0.25, 0.3) is 5.91 Å². The Labute approximate surface area is 161 Å². The summed E-state index contributed by atoms with van der Waals surface area (Å²) in [6.45, 7) is 0. The molecule has 3 rings (SSSR count). The molecule has 1 fully saturated rings. The predicted molar refractivity (Wildman–Crippen MR) is 107 cm³/mol. The van der Waals surface area contributed by atoms with Crippen LogP contribution in [0.4, 0.5) is 0 Å². The molecule has 0 radical (unpaired) electrons. The van der Waals surface area contributed by atoms with Crippen LogP contribution in [0.3, 0.4) is 0 Å². The Morgan fingerprint density at radius 1 is 0.852 bits per heavy atom. The summed E-state index contributed by atoms with van der Waals surface area (Å²) in [5.41, 5.74) is 1.54. The summed E-state index contributed by atoms with van der Waals surface area (Å²) < 4.78 is 0. The van der Waals surface area contributed by atoms with E-state index in [1.54, 1.807) is 12.1 Å². The third-order valence-electron chi connectivity index (χ3n) is 5.15. The van der Waals surface area contributed by atoms with Crippen LogP contribution in [-0.2, 0) is 4.79 Å². The molecule has 1 aliphatic rings. The average Bonchev–Trinajstić information content (AvgIpc) is 2.97. The largest absolute Gasteiger partial charge is 0.353 e. The predicted octanol–water partition coefficient (Wildman–Crippen LogP) is 4.39. The molecule has 4 nitrogen and oxygen atoms in total. The van der Waals surface area contributed by atoms with E-state index in [4.69, 9.17) is 0 Å². The quantitative estimate of drug-likeness (QED) is 0.747. The molecular weight excluding hydrogens is 336 g/mol. The fourth-order valence-electron chi connectivity index (χ4n) is 3.66. The summed E-state index contributed by atoms with van der Waals surface area (Å²) in [4.78, 5) is 25.3. The molecule has 1 atom stereocenters. The normalized spacial score (nSPS) is 16.1. The Kier molecular flexibility index (Phi) is 7.03. The number of hydrogen-bond acceptors (Lipinski definition) is 2. The molecule has 0 aromatic heterocycles. The first kappa shape index (κ1) is 19.2. The number of benzene rings is 2. The van der Waals surface area contributed by atoms with Gasteiger partial charge in [0.1, 0.15) is 0 Å². The summed E-state index contributed by atoms with van der Waals surface area (Å²) in [5, 5.41) is 6.21. The third kappa shape index (κ3) is 5.95. The van der Waals surface area contributed by atoms with E-state index in [0.717, 1.165) is 18.4 Å². The second-order valence-electron chi connectivity index (χ2n) is 7.26. The minimum atomic E-state index is -0.343. The van der Waals surface area contributed by atoms with Gasteiger partial charge in [-0.2, -0.15) is 0 Å². The lowest BCUT2D eigenvalue weighted by molar-refractivity contribution is -0.122. The summed E-state index contributed by atoms with van der Waals surface area (Å²) in [5.74, 6) is -0.157. The van der Waals surface area contributed by atoms with E-state index in [9.17, 15) is 9.59 Å². The first-order valence-corrected chi connectivity index (χ1v) is 9.92. The first-order chi connectivity index (χ1) is 13.2. The van der Waals surface area contributed by atoms with Gasteiger partial charge in [-0.05, 0) is 30.5 Å². The van der Waals surface area contributed by atoms with Crippen molar-refractivity contribution in [1.29, 1.82) is 0 Å². The molecule has 27 heavy (non-hydrogen) atoms. The van der Waals surface area contributed by atoms with Crippen LogP contribution in [0.5, 0.6) is 0 Å². The number of amides is 2. The first-order valence-electron chi connectivity index (χ1n) is 9.92. The number of carbonyl (C=O) groups excluding carboxylic acids is 2. The molecular formula is C23H28N2O2. The lowest BCUT2D eigenvalue weighted by Crippen LogP contribution is -2.38. The van der Waals surface area contributed by atoms with Crippen LogP contribution in [0.1, 0.15) is 66.9 Å². The van der Waals surface area contributed by atoms with E-state index in [1.807, 2.05) is 48.5 Å². The van der Waals surface area contributed by atoms with E-state index in [0.29, 0.717) is 5.56 Å². The minimum absolute atomic E-state index is 0.00381. The van der Waals surface area contributed by atoms with Gasteiger partial charge < -0.3 is 10.6 Å². The van der Waals surface area contributed by atoms with Crippen LogP contribution >= 0.6 is 0 Å². The van der Waals surface area contributed by atoms with E-state index >= 15 is 0 Å². The summed E-state index contributed by atoms with van der Waals surface area (Å²) in [7, 11) is 0. The zero-order chi connectivity index (χ0) is 18.9. The minimum Gasteiger partial charge on any atom is -0.353 e. The van der Waals surface area contributed by atoms with Crippen molar-refractivity contribution in [3.63, 3.8) is 0 Å². The maximum absolute atomic E-state index is 12.7. The van der Waals surface area contributed by atoms with Crippen molar-refractivity contribution in [1.82, 2.24) is 10.6 Å². The van der Waals surface area contributed by atoms with Gasteiger partial charge in [0.05, 0.1) is 12.5 Å². The van der Waals surface area contributed by atoms with Gasteiger partial charge in [-0.3, -0.25) is 9.59 Å². The van der Waals surface area contributed by atoms with Crippen molar-refractivity contribution < 1.29 is 9.59 Å². The van der Waals surface area contributed by atoms with Crippen LogP contribution < -0.4 is 10.6 Å². The molecule has 0 spiro atoms. The van der Waals surface area contributed by atoms with Gasteiger partial charge in [-0.15, -0.1) is 0 Å². The van der Waals surface area contributed by atoms with Crippen LogP contribution in [0, 0.1) is 0 Å². The smallest absolute Gasteiger partial charge is 0.251 e. The molecule has 1 saturated carbocycles. The van der Waals surface area contributed by atoms with Crippen LogP contribution in [0.25, 0.3) is 0 Å². The Morgan fingerprint density at radius 3 is 2.07 bits per heavy atom. The number of nitrogens with one attached hydrogen (secondary N) is 2. The van der Waals surface area contributed by atoms with Crippen LogP contribution in [-0.4, -0.2) is 17.9 Å². The van der Waals surface area contributed by atoms with Gasteiger partial charge in [-0.1, -0.05) is 74.2 Å². The zero-order valence-corrected chi connectivity index (χ0v) is 15.7. The van der Waals surface area contributed by atoms with Crippen molar-refractivity contribution in [2.75, 3.05) is 0 Å². The number of hydrogen-bond donors (Lipinski definition) is 2. The molecule has 2 amide bonds. The summed E-state index contributed by atoms with van der Waals surface area (Å²) in [6, 6.07) is 18.7. The zero-order valence-electron chi connectivity index (χ0n) is 15.7. The van der Waals surface area contributed by atoms with Gasteiger partial charge in [0, 0.05) is 11.6 Å². The second-order valence-corrected chi connectivity index (χ2v) is 7.26. The van der Waals surface area contributed by atoms with E-state index in [2.05, 4.69) is 10.6 Å². The summed E-state index contributed by atoms with van der Waals surface area (Å²) in [6.07, 6.45) is 7.23. The van der Waals surface area contributed by atoms with Gasteiger partial charge in [0.2, 0.25) is 5.91 Å². The molecule has 0 heterocycles. The van der Waals surface area contributed by atoms with Gasteiger partial charge in [-0.25, -0.2) is 0 Å². The highest BCUT2D eigenvalue weighted by atomic mass is 16.2. The molecule has 2 aromatic carbocycles. The van der Waals surface area contributed by atoms with Crippen molar-refractivity contribution in [3.8, 4) is 0 Å². The van der Waals surface area contributed by atoms with Gasteiger partial charge in [0.15, 0.2) is 0 Å². The molecule has 2 N–H and O–H groups in total. The molecule has 142 valence electrons. The molecule has 0 aliphatic heterocycles. The van der Waals surface area contributed by atoms with Crippen molar-refractivity contribution >= 4 is 11.8 Å². The topological polar surface area (TPSA) is 58.2 Å². The summed E-state index contributed by atoms with van der Waals surface area (Å²) >= 11 is 0. The second kappa shape index (κ2) is 9.91. The van der Waals surface area contributed by atoms with Gasteiger partial charge >= 0.3 is 0 Å². The van der Waals surface area contributed by atoms with Crippen LogP contribution in [0.2, 0.25) is 0 Å². The molecule has 0 unspecified atom stereocenters. The highest BCUT2D eigenvalue weighted by molar-refractivity contribution is 5.94. The Morgan fingerprint density at radius 2 is 1.44 bits per heavy atom. The van der Waals surface area contributed by atoms with Crippen LogP contribution in [0.15, 0.2) is 60.7 Å². The number of carbonyl (C=O) groups is 2.